The van der Waals surface area contributed by atoms with Crippen LogP contribution in [0.3, 0.4) is 0 Å². The van der Waals surface area contributed by atoms with Crippen LogP contribution in [-0.2, 0) is 10.8 Å². The Kier molecular flexibility index (Phi) is 4.79. The van der Waals surface area contributed by atoms with Crippen molar-refractivity contribution in [3.05, 3.63) is 58.5 Å². The molecule has 104 valence electrons. The molecule has 1 aromatic rings. The van der Waals surface area contributed by atoms with Gasteiger partial charge in [-0.25, -0.2) is 0 Å². The van der Waals surface area contributed by atoms with Gasteiger partial charge in [-0.1, -0.05) is 36.4 Å². The summed E-state index contributed by atoms with van der Waals surface area (Å²) >= 11 is 0. The minimum Gasteiger partial charge on any atom is -0.295 e. The second-order valence-electron chi connectivity index (χ2n) is 4.64. The van der Waals surface area contributed by atoms with Crippen molar-refractivity contribution in [3.63, 3.8) is 0 Å². The maximum Gasteiger partial charge on any atom is 0.175 e. The number of carbonyl (C=O) groups is 2. The van der Waals surface area contributed by atoms with E-state index < -0.39 is 10.8 Å². The first-order valence-corrected chi connectivity index (χ1v) is 7.79. The number of carbonyl (C=O) groups excluding carboxylic acids is 2. The Balaban J connectivity index is 2.10. The molecule has 0 aromatic heterocycles. The molecule has 1 atom stereocenters. The molecule has 20 heavy (non-hydrogen) atoms. The maximum atomic E-state index is 12.1. The number of hydrogen-bond acceptors (Lipinski definition) is 3. The van der Waals surface area contributed by atoms with E-state index in [0.717, 1.165) is 12.8 Å². The van der Waals surface area contributed by atoms with E-state index in [-0.39, 0.29) is 17.3 Å². The molecule has 0 heterocycles. The fraction of sp³-hybridized carbons (Fsp3) is 0.250. The van der Waals surface area contributed by atoms with E-state index in [2.05, 4.69) is 0 Å². The Hall–Kier alpha value is -1.81. The average Bonchev–Trinajstić information content (AvgIpc) is 2.48. The molecule has 3 nitrogen and oxygen atoms in total. The molecule has 1 unspecified atom stereocenters. The van der Waals surface area contributed by atoms with Gasteiger partial charge in [-0.05, 0) is 25.8 Å². The van der Waals surface area contributed by atoms with Crippen LogP contribution >= 0.6 is 0 Å². The van der Waals surface area contributed by atoms with Crippen molar-refractivity contribution in [1.29, 1.82) is 0 Å². The van der Waals surface area contributed by atoms with Crippen LogP contribution in [-0.4, -0.2) is 21.5 Å². The van der Waals surface area contributed by atoms with Crippen LogP contribution in [0.15, 0.2) is 47.4 Å². The minimum atomic E-state index is -1.31. The zero-order chi connectivity index (χ0) is 14.5. The average molecular weight is 288 g/mol. The zero-order valence-electron chi connectivity index (χ0n) is 11.3. The Labute approximate surface area is 120 Å². The summed E-state index contributed by atoms with van der Waals surface area (Å²) in [5.74, 6) is -0.331. The molecular formula is C16H16O3S. The van der Waals surface area contributed by atoms with Crippen LogP contribution in [0.5, 0.6) is 0 Å². The van der Waals surface area contributed by atoms with Gasteiger partial charge in [-0.15, -0.1) is 0 Å². The number of Topliss-reactive ketones (excluding diaryl/α,β-unsaturated/α-hetero) is 2. The van der Waals surface area contributed by atoms with Crippen LogP contribution < -0.4 is 0 Å². The van der Waals surface area contributed by atoms with Gasteiger partial charge >= 0.3 is 0 Å². The molecule has 0 saturated carbocycles. The highest BCUT2D eigenvalue weighted by Crippen LogP contribution is 2.15. The number of ketones is 2. The number of benzene rings is 1. The van der Waals surface area contributed by atoms with Crippen LogP contribution in [0.1, 0.15) is 40.5 Å². The lowest BCUT2D eigenvalue weighted by molar-refractivity contribution is 0.101. The Morgan fingerprint density at radius 1 is 1.20 bits per heavy atom. The topological polar surface area (TPSA) is 51.2 Å². The van der Waals surface area contributed by atoms with Crippen molar-refractivity contribution < 1.29 is 13.8 Å². The van der Waals surface area contributed by atoms with E-state index in [0.29, 0.717) is 16.0 Å². The molecule has 2 rings (SSSR count). The van der Waals surface area contributed by atoms with Crippen LogP contribution in [0.25, 0.3) is 0 Å². The Morgan fingerprint density at radius 2 is 1.95 bits per heavy atom. The normalized spacial score (nSPS) is 15.6. The maximum absolute atomic E-state index is 12.1. The van der Waals surface area contributed by atoms with Gasteiger partial charge in [0.05, 0.1) is 16.6 Å². The summed E-state index contributed by atoms with van der Waals surface area (Å²) < 4.78 is 12.1. The predicted octanol–water partition coefficient (Wildman–Crippen LogP) is 3.05. The third-order valence-corrected chi connectivity index (χ3v) is 4.43. The lowest BCUT2D eigenvalue weighted by Gasteiger charge is -2.07. The Morgan fingerprint density at radius 3 is 2.60 bits per heavy atom. The summed E-state index contributed by atoms with van der Waals surface area (Å²) in [5, 5.41) is 0. The van der Waals surface area contributed by atoms with Crippen molar-refractivity contribution in [2.45, 2.75) is 19.8 Å². The summed E-state index contributed by atoms with van der Waals surface area (Å²) in [6.45, 7) is 1.46. The van der Waals surface area contributed by atoms with Crippen molar-refractivity contribution >= 4 is 22.4 Å². The summed E-state index contributed by atoms with van der Waals surface area (Å²) in [7, 11) is -1.31. The molecule has 0 radical (unpaired) electrons. The highest BCUT2D eigenvalue weighted by Gasteiger charge is 2.14. The molecule has 0 spiro atoms. The van der Waals surface area contributed by atoms with Gasteiger partial charge < -0.3 is 0 Å². The zero-order valence-corrected chi connectivity index (χ0v) is 12.1. The van der Waals surface area contributed by atoms with E-state index in [9.17, 15) is 13.8 Å². The van der Waals surface area contributed by atoms with Gasteiger partial charge in [0.1, 0.15) is 0 Å². The van der Waals surface area contributed by atoms with E-state index in [1.54, 1.807) is 24.3 Å². The lowest BCUT2D eigenvalue weighted by Crippen LogP contribution is -2.12. The van der Waals surface area contributed by atoms with Gasteiger partial charge in [-0.2, -0.15) is 0 Å². The van der Waals surface area contributed by atoms with Crippen molar-refractivity contribution in [2.24, 2.45) is 0 Å². The molecule has 0 N–H and O–H groups in total. The standard InChI is InChI=1S/C16H16O3S/c1-12(17)13-6-5-7-14(10-13)16(18)11-20(19)15-8-3-2-4-9-15/h3,5-10H,2,4,11H2,1H3. The highest BCUT2D eigenvalue weighted by molar-refractivity contribution is 7.89. The third-order valence-electron chi connectivity index (χ3n) is 3.08. The fourth-order valence-electron chi connectivity index (χ4n) is 1.96. The van der Waals surface area contributed by atoms with Crippen LogP contribution in [0.2, 0.25) is 0 Å². The number of hydrogen-bond donors (Lipinski definition) is 0. The molecule has 0 bridgehead atoms. The molecule has 4 heteroatoms. The van der Waals surface area contributed by atoms with Crippen LogP contribution in [0.4, 0.5) is 0 Å². The van der Waals surface area contributed by atoms with Crippen molar-refractivity contribution in [1.82, 2.24) is 0 Å². The predicted molar refractivity (Wildman–Crippen MR) is 80.2 cm³/mol. The molecular weight excluding hydrogens is 272 g/mol. The number of rotatable bonds is 5. The van der Waals surface area contributed by atoms with E-state index in [4.69, 9.17) is 0 Å². The van der Waals surface area contributed by atoms with Gasteiger partial charge in [0.25, 0.3) is 0 Å². The first-order chi connectivity index (χ1) is 9.58. The van der Waals surface area contributed by atoms with Crippen LogP contribution in [0, 0.1) is 0 Å². The SMILES string of the molecule is CC(=O)c1cccc(C(=O)CS(=O)C2=CCCC=C2)c1. The molecule has 1 aromatic carbocycles. The van der Waals surface area contributed by atoms with E-state index >= 15 is 0 Å². The largest absolute Gasteiger partial charge is 0.295 e. The number of allylic oxidation sites excluding steroid dienone is 3. The third kappa shape index (κ3) is 3.61. The van der Waals surface area contributed by atoms with Crippen molar-refractivity contribution in [2.75, 3.05) is 5.75 Å². The quantitative estimate of drug-likeness (QED) is 0.782. The van der Waals surface area contributed by atoms with Gasteiger partial charge in [-0.3, -0.25) is 13.8 Å². The smallest absolute Gasteiger partial charge is 0.175 e. The van der Waals surface area contributed by atoms with E-state index in [1.165, 1.54) is 6.92 Å². The summed E-state index contributed by atoms with van der Waals surface area (Å²) in [5.41, 5.74) is 0.935. The molecule has 0 fully saturated rings. The molecule has 0 amide bonds. The second kappa shape index (κ2) is 6.57. The lowest BCUT2D eigenvalue weighted by atomic mass is 10.1. The van der Waals surface area contributed by atoms with Gasteiger partial charge in [0.2, 0.25) is 0 Å². The first kappa shape index (κ1) is 14.6. The molecule has 0 aliphatic heterocycles. The first-order valence-electron chi connectivity index (χ1n) is 6.47. The monoisotopic (exact) mass is 288 g/mol. The van der Waals surface area contributed by atoms with Crippen molar-refractivity contribution in [3.8, 4) is 0 Å². The second-order valence-corrected chi connectivity index (χ2v) is 6.09. The van der Waals surface area contributed by atoms with Gasteiger partial charge in [0, 0.05) is 16.0 Å². The molecule has 0 saturated heterocycles. The summed E-state index contributed by atoms with van der Waals surface area (Å²) in [6.07, 6.45) is 7.52. The Bertz CT molecular complexity index is 626. The summed E-state index contributed by atoms with van der Waals surface area (Å²) in [6, 6.07) is 6.55. The fourth-order valence-corrected chi connectivity index (χ4v) is 3.08. The van der Waals surface area contributed by atoms with Gasteiger partial charge in [0.15, 0.2) is 11.6 Å². The molecule has 1 aliphatic carbocycles. The highest BCUT2D eigenvalue weighted by atomic mass is 32.2. The molecule has 1 aliphatic rings. The minimum absolute atomic E-state index is 0.0441. The summed E-state index contributed by atoms with van der Waals surface area (Å²) in [4.78, 5) is 24.1. The van der Waals surface area contributed by atoms with E-state index in [1.807, 2.05) is 18.2 Å².